The standard InChI is InChI=1S/C18H16F3N5O4S/c1-26-17(22)25-18(8-30-7-14(18)31(26,28)29)11-5-10(2-3-12(11)20)24-16(27)15-13(21)4-9(19)6-23-15/h2-6,14H,7-8H2,1H3,(H2,22,25)(H,24,27). The van der Waals surface area contributed by atoms with Gasteiger partial charge in [-0.3, -0.25) is 4.79 Å². The summed E-state index contributed by atoms with van der Waals surface area (Å²) < 4.78 is 73.5. The lowest BCUT2D eigenvalue weighted by atomic mass is 9.88. The van der Waals surface area contributed by atoms with Gasteiger partial charge in [-0.15, -0.1) is 0 Å². The summed E-state index contributed by atoms with van der Waals surface area (Å²) in [6.45, 7) is -0.488. The molecule has 9 nitrogen and oxygen atoms in total. The van der Waals surface area contributed by atoms with E-state index in [0.29, 0.717) is 12.3 Å². The Hall–Kier alpha value is -3.19. The first-order valence-electron chi connectivity index (χ1n) is 8.89. The first-order valence-corrected chi connectivity index (χ1v) is 10.4. The van der Waals surface area contributed by atoms with Crippen molar-refractivity contribution in [2.75, 3.05) is 25.6 Å². The summed E-state index contributed by atoms with van der Waals surface area (Å²) in [6, 6.07) is 3.86. The zero-order chi connectivity index (χ0) is 22.6. The Morgan fingerprint density at radius 1 is 1.29 bits per heavy atom. The van der Waals surface area contributed by atoms with Crippen LogP contribution in [0.2, 0.25) is 0 Å². The second-order valence-electron chi connectivity index (χ2n) is 7.04. The normalized spacial score (nSPS) is 24.5. The molecular weight excluding hydrogens is 439 g/mol. The minimum Gasteiger partial charge on any atom is -0.377 e. The fourth-order valence-corrected chi connectivity index (χ4v) is 5.30. The van der Waals surface area contributed by atoms with Gasteiger partial charge in [-0.05, 0) is 18.2 Å². The number of anilines is 1. The van der Waals surface area contributed by atoms with E-state index in [1.807, 2.05) is 0 Å². The topological polar surface area (TPSA) is 127 Å². The van der Waals surface area contributed by atoms with E-state index in [1.54, 1.807) is 0 Å². The van der Waals surface area contributed by atoms with Gasteiger partial charge in [-0.25, -0.2) is 35.9 Å². The molecule has 3 heterocycles. The van der Waals surface area contributed by atoms with E-state index in [9.17, 15) is 26.4 Å². The molecule has 2 aliphatic heterocycles. The number of pyridine rings is 1. The van der Waals surface area contributed by atoms with E-state index < -0.39 is 49.9 Å². The van der Waals surface area contributed by atoms with Crippen LogP contribution in [0.25, 0.3) is 0 Å². The van der Waals surface area contributed by atoms with Gasteiger partial charge in [0.2, 0.25) is 16.0 Å². The third-order valence-corrected chi connectivity index (χ3v) is 7.41. The number of hydrogen-bond acceptors (Lipinski definition) is 7. The van der Waals surface area contributed by atoms with Gasteiger partial charge in [0.25, 0.3) is 5.91 Å². The van der Waals surface area contributed by atoms with E-state index in [0.717, 1.165) is 10.4 Å². The molecule has 0 spiro atoms. The Labute approximate surface area is 174 Å². The SMILES string of the molecule is CN1C(N)=NC2(c3cc(NC(=O)c4ncc(F)cc4F)ccc3F)COCC2S1(=O)=O. The average Bonchev–Trinajstić information content (AvgIpc) is 3.13. The lowest BCUT2D eigenvalue weighted by Crippen LogP contribution is -2.57. The van der Waals surface area contributed by atoms with Crippen LogP contribution in [0.15, 0.2) is 35.5 Å². The van der Waals surface area contributed by atoms with E-state index in [-0.39, 0.29) is 30.4 Å². The summed E-state index contributed by atoms with van der Waals surface area (Å²) in [5.41, 5.74) is 3.28. The molecule has 164 valence electrons. The number of nitrogens with zero attached hydrogens (tertiary/aromatic N) is 3. The van der Waals surface area contributed by atoms with Crippen LogP contribution in [0.5, 0.6) is 0 Å². The quantitative estimate of drug-likeness (QED) is 0.709. The number of nitrogens with two attached hydrogens (primary N) is 1. The molecule has 2 aliphatic rings. The highest BCUT2D eigenvalue weighted by atomic mass is 32.2. The number of hydrogen-bond donors (Lipinski definition) is 2. The largest absolute Gasteiger partial charge is 0.377 e. The van der Waals surface area contributed by atoms with Gasteiger partial charge in [0.15, 0.2) is 11.5 Å². The molecule has 0 radical (unpaired) electrons. The summed E-state index contributed by atoms with van der Waals surface area (Å²) in [6.07, 6.45) is 0.675. The van der Waals surface area contributed by atoms with Crippen LogP contribution in [-0.4, -0.2) is 55.1 Å². The van der Waals surface area contributed by atoms with Crippen molar-refractivity contribution >= 4 is 27.6 Å². The number of nitrogens with one attached hydrogen (secondary N) is 1. The summed E-state index contributed by atoms with van der Waals surface area (Å²) in [5, 5.41) is 1.09. The minimum absolute atomic E-state index is 0.0112. The van der Waals surface area contributed by atoms with Gasteiger partial charge in [0.05, 0.1) is 19.4 Å². The van der Waals surface area contributed by atoms with Gasteiger partial charge in [0.1, 0.15) is 22.4 Å². The Morgan fingerprint density at radius 3 is 2.74 bits per heavy atom. The smallest absolute Gasteiger partial charge is 0.277 e. The average molecular weight is 455 g/mol. The number of amides is 1. The molecule has 0 saturated carbocycles. The molecule has 31 heavy (non-hydrogen) atoms. The van der Waals surface area contributed by atoms with Crippen molar-refractivity contribution in [2.45, 2.75) is 10.8 Å². The third-order valence-electron chi connectivity index (χ3n) is 5.22. The predicted octanol–water partition coefficient (Wildman–Crippen LogP) is 0.935. The second kappa shape index (κ2) is 7.20. The molecular formula is C18H16F3N5O4S. The summed E-state index contributed by atoms with van der Waals surface area (Å²) >= 11 is 0. The molecule has 1 amide bonds. The Bertz CT molecular complexity index is 1220. The van der Waals surface area contributed by atoms with E-state index in [1.165, 1.54) is 19.2 Å². The van der Waals surface area contributed by atoms with Crippen LogP contribution in [0.1, 0.15) is 16.1 Å². The lowest BCUT2D eigenvalue weighted by Gasteiger charge is -2.38. The zero-order valence-electron chi connectivity index (χ0n) is 16.0. The fourth-order valence-electron chi connectivity index (χ4n) is 3.60. The third kappa shape index (κ3) is 3.29. The van der Waals surface area contributed by atoms with E-state index in [2.05, 4.69) is 15.3 Å². The molecule has 1 aromatic heterocycles. The van der Waals surface area contributed by atoms with Crippen LogP contribution in [0.4, 0.5) is 18.9 Å². The predicted molar refractivity (Wildman–Crippen MR) is 103 cm³/mol. The zero-order valence-corrected chi connectivity index (χ0v) is 16.8. The number of aliphatic imine (C=N–C) groups is 1. The number of guanidine groups is 1. The number of carbonyl (C=O) groups excluding carboxylic acids is 1. The molecule has 4 rings (SSSR count). The van der Waals surface area contributed by atoms with Crippen molar-refractivity contribution in [1.29, 1.82) is 0 Å². The first-order chi connectivity index (χ1) is 14.6. The number of carbonyl (C=O) groups is 1. The van der Waals surface area contributed by atoms with Crippen molar-refractivity contribution < 1.29 is 31.1 Å². The molecule has 2 aromatic rings. The molecule has 0 bridgehead atoms. The number of sulfonamides is 1. The number of aromatic nitrogens is 1. The van der Waals surface area contributed by atoms with E-state index in [4.69, 9.17) is 10.5 Å². The van der Waals surface area contributed by atoms with Crippen molar-refractivity contribution in [3.63, 3.8) is 0 Å². The molecule has 1 saturated heterocycles. The van der Waals surface area contributed by atoms with Gasteiger partial charge in [0, 0.05) is 24.4 Å². The lowest BCUT2D eigenvalue weighted by molar-refractivity contribution is 0.101. The molecule has 0 aliphatic carbocycles. The highest BCUT2D eigenvalue weighted by Gasteiger charge is 2.58. The van der Waals surface area contributed by atoms with Crippen LogP contribution in [0.3, 0.4) is 0 Å². The fraction of sp³-hybridized carbons (Fsp3) is 0.278. The number of fused-ring (bicyclic) bond motifs is 1. The Balaban J connectivity index is 1.76. The molecule has 1 fully saturated rings. The maximum atomic E-state index is 14.8. The summed E-state index contributed by atoms with van der Waals surface area (Å²) in [4.78, 5) is 20.0. The molecule has 2 unspecified atom stereocenters. The van der Waals surface area contributed by atoms with Crippen molar-refractivity contribution in [2.24, 2.45) is 10.7 Å². The molecule has 13 heteroatoms. The number of benzene rings is 1. The van der Waals surface area contributed by atoms with Crippen molar-refractivity contribution in [3.8, 4) is 0 Å². The van der Waals surface area contributed by atoms with Gasteiger partial charge >= 0.3 is 0 Å². The molecule has 2 atom stereocenters. The molecule has 1 aromatic carbocycles. The second-order valence-corrected chi connectivity index (χ2v) is 9.19. The maximum absolute atomic E-state index is 14.8. The van der Waals surface area contributed by atoms with Gasteiger partial charge < -0.3 is 15.8 Å². The highest BCUT2D eigenvalue weighted by Crippen LogP contribution is 2.44. The Morgan fingerprint density at radius 2 is 2.03 bits per heavy atom. The van der Waals surface area contributed by atoms with Crippen molar-refractivity contribution in [1.82, 2.24) is 9.29 Å². The minimum atomic E-state index is -4.00. The number of rotatable bonds is 3. The number of halogens is 3. The van der Waals surface area contributed by atoms with Crippen molar-refractivity contribution in [3.05, 3.63) is 59.2 Å². The van der Waals surface area contributed by atoms with Crippen LogP contribution in [-0.2, 0) is 20.3 Å². The summed E-state index contributed by atoms with van der Waals surface area (Å²) in [5.74, 6) is -4.28. The first kappa shape index (κ1) is 21.1. The van der Waals surface area contributed by atoms with Gasteiger partial charge in [-0.1, -0.05) is 0 Å². The highest BCUT2D eigenvalue weighted by molar-refractivity contribution is 7.90. The maximum Gasteiger partial charge on any atom is 0.277 e. The number of ether oxygens (including phenoxy) is 1. The van der Waals surface area contributed by atoms with Crippen LogP contribution < -0.4 is 11.1 Å². The van der Waals surface area contributed by atoms with Crippen LogP contribution in [0, 0.1) is 17.5 Å². The molecule has 3 N–H and O–H groups in total. The van der Waals surface area contributed by atoms with Gasteiger partial charge in [-0.2, -0.15) is 0 Å². The Kier molecular flexibility index (Phi) is 4.89. The monoisotopic (exact) mass is 455 g/mol. The van der Waals surface area contributed by atoms with Crippen LogP contribution >= 0.6 is 0 Å². The summed E-state index contributed by atoms with van der Waals surface area (Å²) in [7, 11) is -2.77. The van der Waals surface area contributed by atoms with E-state index >= 15 is 0 Å².